The highest BCUT2D eigenvalue weighted by molar-refractivity contribution is 4.85. The van der Waals surface area contributed by atoms with Crippen molar-refractivity contribution in [3.63, 3.8) is 0 Å². The van der Waals surface area contributed by atoms with E-state index in [-0.39, 0.29) is 12.6 Å². The number of aliphatic hydroxyl groups is 1. The van der Waals surface area contributed by atoms with Crippen molar-refractivity contribution in [2.45, 2.75) is 32.2 Å². The third kappa shape index (κ3) is 3.25. The van der Waals surface area contributed by atoms with Crippen molar-refractivity contribution in [2.24, 2.45) is 11.7 Å². The van der Waals surface area contributed by atoms with Gasteiger partial charge < -0.3 is 15.7 Å². The predicted octanol–water partition coefficient (Wildman–Crippen LogP) is 0.428. The van der Waals surface area contributed by atoms with E-state index in [1.165, 1.54) is 19.3 Å². The summed E-state index contributed by atoms with van der Waals surface area (Å²) in [6.07, 6.45) is 3.83. The second kappa shape index (κ2) is 5.58. The lowest BCUT2D eigenvalue weighted by Crippen LogP contribution is -2.31. The van der Waals surface area contributed by atoms with Crippen molar-refractivity contribution in [1.29, 1.82) is 0 Å². The van der Waals surface area contributed by atoms with Gasteiger partial charge >= 0.3 is 0 Å². The van der Waals surface area contributed by atoms with Gasteiger partial charge in [-0.05, 0) is 13.0 Å². The molecule has 1 rings (SSSR count). The van der Waals surface area contributed by atoms with E-state index in [4.69, 9.17) is 10.8 Å². The van der Waals surface area contributed by atoms with Gasteiger partial charge in [0.2, 0.25) is 0 Å². The van der Waals surface area contributed by atoms with Crippen LogP contribution in [0.1, 0.15) is 26.2 Å². The topological polar surface area (TPSA) is 49.5 Å². The Kier molecular flexibility index (Phi) is 4.70. The molecular formula is C10H22N2O. The standard InChI is InChI=1S/C10H22N2O/c1-2-3-4-5-12-6-9(8-13)10(11)7-12/h9-10,13H,2-8,11H2,1H3. The van der Waals surface area contributed by atoms with E-state index in [1.807, 2.05) is 0 Å². The molecule has 1 fully saturated rings. The van der Waals surface area contributed by atoms with Crippen LogP contribution in [0.2, 0.25) is 0 Å². The van der Waals surface area contributed by atoms with Crippen LogP contribution >= 0.6 is 0 Å². The van der Waals surface area contributed by atoms with E-state index in [0.717, 1.165) is 19.6 Å². The van der Waals surface area contributed by atoms with E-state index in [1.54, 1.807) is 0 Å². The fourth-order valence-corrected chi connectivity index (χ4v) is 1.95. The Bertz CT molecular complexity index is 141. The highest BCUT2D eigenvalue weighted by Gasteiger charge is 2.28. The fraction of sp³-hybridized carbons (Fsp3) is 1.00. The Morgan fingerprint density at radius 1 is 1.38 bits per heavy atom. The zero-order valence-corrected chi connectivity index (χ0v) is 8.58. The summed E-state index contributed by atoms with van der Waals surface area (Å²) in [6.45, 7) is 5.56. The molecule has 0 bridgehead atoms. The van der Waals surface area contributed by atoms with Crippen molar-refractivity contribution >= 4 is 0 Å². The summed E-state index contributed by atoms with van der Waals surface area (Å²) in [5.74, 6) is 0.307. The smallest absolute Gasteiger partial charge is 0.0486 e. The molecule has 0 aromatic heterocycles. The summed E-state index contributed by atoms with van der Waals surface area (Å²) in [4.78, 5) is 2.38. The summed E-state index contributed by atoms with van der Waals surface area (Å²) in [6, 6.07) is 0.187. The van der Waals surface area contributed by atoms with Gasteiger partial charge in [0.15, 0.2) is 0 Å². The molecule has 3 heteroatoms. The van der Waals surface area contributed by atoms with Gasteiger partial charge in [0, 0.05) is 31.7 Å². The van der Waals surface area contributed by atoms with Crippen LogP contribution in [0, 0.1) is 5.92 Å². The first-order valence-electron chi connectivity index (χ1n) is 5.36. The maximum absolute atomic E-state index is 9.02. The molecular weight excluding hydrogens is 164 g/mol. The zero-order valence-electron chi connectivity index (χ0n) is 8.58. The van der Waals surface area contributed by atoms with Gasteiger partial charge in [-0.2, -0.15) is 0 Å². The molecule has 1 heterocycles. The molecule has 2 unspecified atom stereocenters. The van der Waals surface area contributed by atoms with Crippen molar-refractivity contribution in [3.8, 4) is 0 Å². The molecule has 0 aliphatic carbocycles. The number of nitrogens with zero attached hydrogens (tertiary/aromatic N) is 1. The lowest BCUT2D eigenvalue weighted by Gasteiger charge is -2.14. The van der Waals surface area contributed by atoms with Gasteiger partial charge in [-0.25, -0.2) is 0 Å². The quantitative estimate of drug-likeness (QED) is 0.612. The van der Waals surface area contributed by atoms with Crippen molar-refractivity contribution in [3.05, 3.63) is 0 Å². The molecule has 0 saturated carbocycles. The molecule has 1 aliphatic rings. The number of nitrogens with two attached hydrogens (primary N) is 1. The maximum Gasteiger partial charge on any atom is 0.0486 e. The second-order valence-corrected chi connectivity index (χ2v) is 4.07. The van der Waals surface area contributed by atoms with Gasteiger partial charge in [0.1, 0.15) is 0 Å². The average molecular weight is 186 g/mol. The highest BCUT2D eigenvalue weighted by atomic mass is 16.3. The SMILES string of the molecule is CCCCCN1CC(N)C(CO)C1. The third-order valence-corrected chi connectivity index (χ3v) is 2.88. The molecule has 13 heavy (non-hydrogen) atoms. The molecule has 2 atom stereocenters. The first-order valence-corrected chi connectivity index (χ1v) is 5.36. The lowest BCUT2D eigenvalue weighted by molar-refractivity contribution is 0.215. The minimum Gasteiger partial charge on any atom is -0.396 e. The van der Waals surface area contributed by atoms with Gasteiger partial charge in [-0.1, -0.05) is 19.8 Å². The van der Waals surface area contributed by atoms with Crippen molar-refractivity contribution in [1.82, 2.24) is 4.90 Å². The third-order valence-electron chi connectivity index (χ3n) is 2.88. The molecule has 0 aromatic rings. The Labute approximate surface area is 80.9 Å². The summed E-state index contributed by atoms with van der Waals surface area (Å²) in [7, 11) is 0. The van der Waals surface area contributed by atoms with E-state index in [9.17, 15) is 0 Å². The van der Waals surface area contributed by atoms with Crippen LogP contribution in [0.3, 0.4) is 0 Å². The predicted molar refractivity (Wildman–Crippen MR) is 54.5 cm³/mol. The molecule has 0 amide bonds. The average Bonchev–Trinajstić information content (AvgIpc) is 2.47. The van der Waals surface area contributed by atoms with E-state index in [0.29, 0.717) is 5.92 Å². The lowest BCUT2D eigenvalue weighted by atomic mass is 10.1. The minimum absolute atomic E-state index is 0.187. The van der Waals surface area contributed by atoms with Crippen LogP contribution in [0.4, 0.5) is 0 Å². The molecule has 0 spiro atoms. The Hall–Kier alpha value is -0.120. The Balaban J connectivity index is 2.16. The van der Waals surface area contributed by atoms with Crippen LogP contribution in [0.15, 0.2) is 0 Å². The molecule has 3 nitrogen and oxygen atoms in total. The molecule has 78 valence electrons. The minimum atomic E-state index is 0.187. The van der Waals surface area contributed by atoms with Gasteiger partial charge in [-0.15, -0.1) is 0 Å². The van der Waals surface area contributed by atoms with Crippen LogP contribution in [-0.4, -0.2) is 42.3 Å². The number of hydrogen-bond donors (Lipinski definition) is 2. The molecule has 0 radical (unpaired) electrons. The summed E-state index contributed by atoms with van der Waals surface area (Å²) >= 11 is 0. The number of rotatable bonds is 5. The first-order chi connectivity index (χ1) is 6.27. The van der Waals surface area contributed by atoms with Crippen LogP contribution in [0.25, 0.3) is 0 Å². The van der Waals surface area contributed by atoms with Crippen LogP contribution < -0.4 is 5.73 Å². The molecule has 0 aromatic carbocycles. The summed E-state index contributed by atoms with van der Waals surface area (Å²) < 4.78 is 0. The summed E-state index contributed by atoms with van der Waals surface area (Å²) in [5, 5.41) is 9.02. The Morgan fingerprint density at radius 2 is 2.15 bits per heavy atom. The van der Waals surface area contributed by atoms with E-state index >= 15 is 0 Å². The number of unbranched alkanes of at least 4 members (excludes halogenated alkanes) is 2. The number of aliphatic hydroxyl groups excluding tert-OH is 1. The second-order valence-electron chi connectivity index (χ2n) is 4.07. The van der Waals surface area contributed by atoms with E-state index in [2.05, 4.69) is 11.8 Å². The van der Waals surface area contributed by atoms with Gasteiger partial charge in [-0.3, -0.25) is 0 Å². The highest BCUT2D eigenvalue weighted by Crippen LogP contribution is 2.15. The first kappa shape index (κ1) is 11.0. The van der Waals surface area contributed by atoms with Gasteiger partial charge in [0.05, 0.1) is 0 Å². The number of likely N-dealkylation sites (tertiary alicyclic amines) is 1. The molecule has 1 aliphatic heterocycles. The van der Waals surface area contributed by atoms with Gasteiger partial charge in [0.25, 0.3) is 0 Å². The maximum atomic E-state index is 9.02. The van der Waals surface area contributed by atoms with Crippen molar-refractivity contribution in [2.75, 3.05) is 26.2 Å². The summed E-state index contributed by atoms with van der Waals surface area (Å²) in [5.41, 5.74) is 5.88. The largest absolute Gasteiger partial charge is 0.396 e. The fourth-order valence-electron chi connectivity index (χ4n) is 1.95. The Morgan fingerprint density at radius 3 is 2.69 bits per heavy atom. The van der Waals surface area contributed by atoms with Crippen LogP contribution in [0.5, 0.6) is 0 Å². The van der Waals surface area contributed by atoms with Crippen LogP contribution in [-0.2, 0) is 0 Å². The number of hydrogen-bond acceptors (Lipinski definition) is 3. The molecule has 1 saturated heterocycles. The van der Waals surface area contributed by atoms with E-state index < -0.39 is 0 Å². The van der Waals surface area contributed by atoms with Crippen molar-refractivity contribution < 1.29 is 5.11 Å². The normalized spacial score (nSPS) is 29.8. The zero-order chi connectivity index (χ0) is 9.68. The monoisotopic (exact) mass is 186 g/mol. The molecule has 3 N–H and O–H groups in total.